The first kappa shape index (κ1) is 38.0. The number of carbonyl (C=O) groups excluding carboxylic acids is 4. The molecular weight excluding hydrogens is 580 g/mol. The zero-order valence-electron chi connectivity index (χ0n) is 30.4. The lowest BCUT2D eigenvalue weighted by molar-refractivity contribution is -0.142. The average molecular weight is 645 g/mol. The summed E-state index contributed by atoms with van der Waals surface area (Å²) in [6.45, 7) is 21.0. The molecule has 262 valence electrons. The normalized spacial score (nSPS) is 23.4. The van der Waals surface area contributed by atoms with Crippen LogP contribution in [0.25, 0.3) is 0 Å². The summed E-state index contributed by atoms with van der Waals surface area (Å²) in [6, 6.07) is -1.55. The molecule has 10 heteroatoms. The molecule has 0 aromatic rings. The maximum absolute atomic E-state index is 14.1. The summed E-state index contributed by atoms with van der Waals surface area (Å²) in [6.07, 6.45) is 9.89. The van der Waals surface area contributed by atoms with Crippen LogP contribution in [0.15, 0.2) is 11.6 Å². The molecule has 3 aliphatic heterocycles. The van der Waals surface area contributed by atoms with Crippen molar-refractivity contribution in [3.8, 4) is 0 Å². The predicted molar refractivity (Wildman–Crippen MR) is 184 cm³/mol. The highest BCUT2D eigenvalue weighted by atomic mass is 16.2. The van der Waals surface area contributed by atoms with Crippen LogP contribution in [0.2, 0.25) is 0 Å². The van der Waals surface area contributed by atoms with Crippen LogP contribution >= 0.6 is 0 Å². The number of amides is 4. The van der Waals surface area contributed by atoms with Crippen LogP contribution in [-0.4, -0.2) is 120 Å². The molecule has 3 fully saturated rings. The van der Waals surface area contributed by atoms with Gasteiger partial charge in [-0.05, 0) is 90.3 Å². The van der Waals surface area contributed by atoms with Crippen molar-refractivity contribution in [1.82, 2.24) is 30.2 Å². The van der Waals surface area contributed by atoms with Crippen molar-refractivity contribution in [2.75, 3.05) is 46.3 Å². The van der Waals surface area contributed by atoms with Crippen LogP contribution in [-0.2, 0) is 19.2 Å². The number of hydrogen-bond donors (Lipinski definition) is 2. The van der Waals surface area contributed by atoms with Crippen LogP contribution in [0.3, 0.4) is 0 Å². The number of piperidine rings is 2. The first-order valence-electron chi connectivity index (χ1n) is 18.0. The first-order valence-corrected chi connectivity index (χ1v) is 18.0. The Labute approximate surface area is 279 Å². The van der Waals surface area contributed by atoms with Crippen LogP contribution < -0.4 is 10.6 Å². The van der Waals surface area contributed by atoms with E-state index in [0.717, 1.165) is 51.9 Å². The summed E-state index contributed by atoms with van der Waals surface area (Å²) in [7, 11) is 1.77. The highest BCUT2D eigenvalue weighted by molar-refractivity contribution is 5.97. The minimum atomic E-state index is -0.719. The van der Waals surface area contributed by atoms with Gasteiger partial charge in [-0.3, -0.25) is 24.1 Å². The molecule has 1 unspecified atom stereocenters. The lowest BCUT2D eigenvalue weighted by Gasteiger charge is -2.41. The molecule has 4 atom stereocenters. The standard InChI is InChI=1S/C36H64N6O4/c1-25(2)30(39(9)35(46)31(36(6,7)8)38-33(44)29-16-11-14-21-41(29)26(3)4)24-27(5)34(45)42-22-15-17-28(42)32(43)37-18-23-40-19-12-10-13-20-40/h24-26,28-31H,10-23H2,1-9H3,(H,37,43)(H,38,44)/t28-,29+,30?,31+/m0/s1. The molecule has 0 spiro atoms. The van der Waals surface area contributed by atoms with Gasteiger partial charge in [0.15, 0.2) is 0 Å². The molecule has 3 saturated heterocycles. The van der Waals surface area contributed by atoms with E-state index in [0.29, 0.717) is 25.1 Å². The lowest BCUT2D eigenvalue weighted by atomic mass is 9.84. The average Bonchev–Trinajstić information content (AvgIpc) is 3.51. The zero-order chi connectivity index (χ0) is 34.2. The third-order valence-corrected chi connectivity index (χ3v) is 10.1. The van der Waals surface area contributed by atoms with E-state index >= 15 is 0 Å². The van der Waals surface area contributed by atoms with Crippen molar-refractivity contribution in [2.45, 2.75) is 137 Å². The van der Waals surface area contributed by atoms with Crippen molar-refractivity contribution in [3.05, 3.63) is 11.6 Å². The first-order chi connectivity index (χ1) is 21.6. The van der Waals surface area contributed by atoms with Crippen LogP contribution in [0.4, 0.5) is 0 Å². The number of carbonyl (C=O) groups is 4. The van der Waals surface area contributed by atoms with E-state index in [1.54, 1.807) is 23.8 Å². The second kappa shape index (κ2) is 17.1. The van der Waals surface area contributed by atoms with Gasteiger partial charge in [0.2, 0.25) is 23.6 Å². The third kappa shape index (κ3) is 10.0. The smallest absolute Gasteiger partial charge is 0.249 e. The van der Waals surface area contributed by atoms with E-state index in [2.05, 4.69) is 34.3 Å². The number of hydrogen-bond acceptors (Lipinski definition) is 6. The van der Waals surface area contributed by atoms with Crippen LogP contribution in [0.5, 0.6) is 0 Å². The molecule has 10 nitrogen and oxygen atoms in total. The van der Waals surface area contributed by atoms with E-state index in [1.165, 1.54) is 19.3 Å². The summed E-state index contributed by atoms with van der Waals surface area (Å²) in [4.78, 5) is 62.7. The fraction of sp³-hybridized carbons (Fsp3) is 0.833. The van der Waals surface area contributed by atoms with E-state index in [-0.39, 0.29) is 47.7 Å². The van der Waals surface area contributed by atoms with E-state index in [4.69, 9.17) is 0 Å². The summed E-state index contributed by atoms with van der Waals surface area (Å²) in [5.74, 6) is -0.481. The Kier molecular flexibility index (Phi) is 14.1. The Morgan fingerprint density at radius 1 is 0.848 bits per heavy atom. The Morgan fingerprint density at radius 3 is 2.09 bits per heavy atom. The van der Waals surface area contributed by atoms with Crippen molar-refractivity contribution in [2.24, 2.45) is 11.3 Å². The second-order valence-corrected chi connectivity index (χ2v) is 15.5. The summed E-state index contributed by atoms with van der Waals surface area (Å²) < 4.78 is 0. The molecule has 0 bridgehead atoms. The van der Waals surface area contributed by atoms with Crippen molar-refractivity contribution in [1.29, 1.82) is 0 Å². The van der Waals surface area contributed by atoms with Gasteiger partial charge in [0, 0.05) is 38.3 Å². The predicted octanol–water partition coefficient (Wildman–Crippen LogP) is 3.80. The third-order valence-electron chi connectivity index (χ3n) is 10.1. The molecule has 46 heavy (non-hydrogen) atoms. The van der Waals surface area contributed by atoms with E-state index < -0.39 is 17.5 Å². The molecule has 0 radical (unpaired) electrons. The van der Waals surface area contributed by atoms with Gasteiger partial charge in [0.1, 0.15) is 12.1 Å². The van der Waals surface area contributed by atoms with Gasteiger partial charge in [-0.2, -0.15) is 0 Å². The molecule has 0 saturated carbocycles. The highest BCUT2D eigenvalue weighted by Gasteiger charge is 2.40. The van der Waals surface area contributed by atoms with Crippen molar-refractivity contribution in [3.63, 3.8) is 0 Å². The van der Waals surface area contributed by atoms with Gasteiger partial charge in [-0.15, -0.1) is 0 Å². The van der Waals surface area contributed by atoms with Crippen LogP contribution in [0, 0.1) is 11.3 Å². The Balaban J connectivity index is 1.70. The molecule has 0 aromatic carbocycles. The number of likely N-dealkylation sites (N-methyl/N-ethyl adjacent to an activating group) is 1. The summed E-state index contributed by atoms with van der Waals surface area (Å²) >= 11 is 0. The van der Waals surface area contributed by atoms with Gasteiger partial charge in [-0.25, -0.2) is 0 Å². The minimum Gasteiger partial charge on any atom is -0.353 e. The topological polar surface area (TPSA) is 105 Å². The Hall–Kier alpha value is -2.46. The number of rotatable bonds is 12. The van der Waals surface area contributed by atoms with Gasteiger partial charge < -0.3 is 25.3 Å². The monoisotopic (exact) mass is 644 g/mol. The SMILES string of the molecule is CC(=CC(C(C)C)N(C)C(=O)[C@@H](NC(=O)[C@H]1CCCCN1C(C)C)C(C)(C)C)C(=O)N1CCC[C@H]1C(=O)NCCN1CCCCC1. The van der Waals surface area contributed by atoms with E-state index in [1.807, 2.05) is 40.7 Å². The van der Waals surface area contributed by atoms with Gasteiger partial charge in [-0.1, -0.05) is 53.5 Å². The molecule has 0 aliphatic carbocycles. The lowest BCUT2D eigenvalue weighted by Crippen LogP contribution is -2.60. The van der Waals surface area contributed by atoms with Crippen LogP contribution in [0.1, 0.15) is 107 Å². The van der Waals surface area contributed by atoms with Gasteiger partial charge >= 0.3 is 0 Å². The molecule has 4 amide bonds. The maximum Gasteiger partial charge on any atom is 0.249 e. The van der Waals surface area contributed by atoms with Crippen molar-refractivity contribution >= 4 is 23.6 Å². The fourth-order valence-electron chi connectivity index (χ4n) is 7.32. The molecule has 2 N–H and O–H groups in total. The van der Waals surface area contributed by atoms with E-state index in [9.17, 15) is 19.2 Å². The molecule has 0 aromatic heterocycles. The summed E-state index contributed by atoms with van der Waals surface area (Å²) in [5.41, 5.74) is 0.0101. The second-order valence-electron chi connectivity index (χ2n) is 15.5. The van der Waals surface area contributed by atoms with Gasteiger partial charge in [0.05, 0.1) is 12.1 Å². The highest BCUT2D eigenvalue weighted by Crippen LogP contribution is 2.27. The molecule has 3 rings (SSSR count). The largest absolute Gasteiger partial charge is 0.353 e. The molecule has 3 heterocycles. The fourth-order valence-corrected chi connectivity index (χ4v) is 7.32. The minimum absolute atomic E-state index is 0.0234. The van der Waals surface area contributed by atoms with Crippen molar-refractivity contribution < 1.29 is 19.2 Å². The molecule has 3 aliphatic rings. The molecular formula is C36H64N6O4. The van der Waals surface area contributed by atoms with Gasteiger partial charge in [0.25, 0.3) is 0 Å². The Morgan fingerprint density at radius 2 is 1.48 bits per heavy atom. The Bertz CT molecular complexity index is 1080. The number of nitrogens with one attached hydrogen (secondary N) is 2. The summed E-state index contributed by atoms with van der Waals surface area (Å²) in [5, 5.41) is 6.23. The zero-order valence-corrected chi connectivity index (χ0v) is 30.4. The quantitative estimate of drug-likeness (QED) is 0.313. The number of likely N-dealkylation sites (tertiary alicyclic amines) is 3. The number of nitrogens with zero attached hydrogens (tertiary/aromatic N) is 4. The maximum atomic E-state index is 14.1.